The van der Waals surface area contributed by atoms with Crippen molar-refractivity contribution >= 4 is 55.9 Å². The number of nitro groups is 1. The zero-order valence-corrected chi connectivity index (χ0v) is 24.0. The maximum atomic E-state index is 12.9. The molecule has 2 N–H and O–H groups in total. The first-order valence-electron chi connectivity index (χ1n) is 12.0. The normalized spacial score (nSPS) is 11.4. The standard InChI is InChI=1S/C27H21BrF3N5O5S/c1-40-23-10-17(9-22(28)25(23)41-14-16-4-2-7-21(8-16)36(38)39)13-32-35-24(37)12-20-15-42-26(34-20)33-19-6-3-5-18(11-19)27(29,30)31/h2-11,13,15H,12,14H2,1H3,(H,33,34)(H,35,37)/b32-13-. The van der Waals surface area contributed by atoms with E-state index in [0.29, 0.717) is 37.9 Å². The second kappa shape index (κ2) is 13.4. The minimum Gasteiger partial charge on any atom is -0.493 e. The molecule has 0 unspecified atom stereocenters. The number of aromatic nitrogens is 1. The number of amides is 1. The second-order valence-corrected chi connectivity index (χ2v) is 10.3. The number of benzene rings is 3. The first kappa shape index (κ1) is 30.5. The molecule has 0 radical (unpaired) electrons. The summed E-state index contributed by atoms with van der Waals surface area (Å²) in [6.45, 7) is 0.0634. The molecule has 1 heterocycles. The summed E-state index contributed by atoms with van der Waals surface area (Å²) in [6, 6.07) is 14.1. The Balaban J connectivity index is 1.33. The molecule has 4 aromatic rings. The van der Waals surface area contributed by atoms with Crippen molar-refractivity contribution in [2.45, 2.75) is 19.2 Å². The van der Waals surface area contributed by atoms with Gasteiger partial charge in [0.1, 0.15) is 6.61 Å². The summed E-state index contributed by atoms with van der Waals surface area (Å²) in [4.78, 5) is 27.1. The maximum Gasteiger partial charge on any atom is 0.416 e. The van der Waals surface area contributed by atoms with E-state index in [1.54, 1.807) is 29.6 Å². The van der Waals surface area contributed by atoms with Crippen molar-refractivity contribution in [3.63, 3.8) is 0 Å². The van der Waals surface area contributed by atoms with Crippen molar-refractivity contribution in [1.29, 1.82) is 0 Å². The van der Waals surface area contributed by atoms with Gasteiger partial charge in [0, 0.05) is 23.2 Å². The number of carbonyl (C=O) groups is 1. The smallest absolute Gasteiger partial charge is 0.416 e. The van der Waals surface area contributed by atoms with Gasteiger partial charge in [-0.3, -0.25) is 14.9 Å². The molecule has 0 saturated carbocycles. The summed E-state index contributed by atoms with van der Waals surface area (Å²) in [5, 5.41) is 19.7. The van der Waals surface area contributed by atoms with E-state index in [1.807, 2.05) is 0 Å². The Labute approximate surface area is 249 Å². The number of nitrogens with one attached hydrogen (secondary N) is 2. The van der Waals surface area contributed by atoms with Gasteiger partial charge in [-0.05, 0) is 57.4 Å². The summed E-state index contributed by atoms with van der Waals surface area (Å²) in [5.74, 6) is 0.291. The number of halogens is 4. The molecule has 1 aromatic heterocycles. The Morgan fingerprint density at radius 3 is 2.71 bits per heavy atom. The molecule has 1 amide bonds. The van der Waals surface area contributed by atoms with Crippen molar-refractivity contribution in [2.75, 3.05) is 12.4 Å². The molecular formula is C27H21BrF3N5O5S. The first-order chi connectivity index (χ1) is 20.0. The Morgan fingerprint density at radius 1 is 1.19 bits per heavy atom. The molecule has 42 heavy (non-hydrogen) atoms. The third-order valence-electron chi connectivity index (χ3n) is 5.49. The van der Waals surface area contributed by atoms with Crippen LogP contribution in [0.15, 0.2) is 75.6 Å². The number of methoxy groups -OCH3 is 1. The van der Waals surface area contributed by atoms with Crippen molar-refractivity contribution < 1.29 is 32.4 Å². The third-order valence-corrected chi connectivity index (χ3v) is 6.89. The van der Waals surface area contributed by atoms with Gasteiger partial charge in [-0.2, -0.15) is 18.3 Å². The maximum absolute atomic E-state index is 12.9. The minimum absolute atomic E-state index is 0.0437. The number of anilines is 2. The number of ether oxygens (including phenoxy) is 2. The zero-order valence-electron chi connectivity index (χ0n) is 21.6. The topological polar surface area (TPSA) is 128 Å². The number of non-ortho nitro benzene ring substituents is 1. The van der Waals surface area contributed by atoms with Gasteiger partial charge in [-0.15, -0.1) is 11.3 Å². The Hall–Kier alpha value is -4.50. The van der Waals surface area contributed by atoms with Crippen LogP contribution in [0, 0.1) is 10.1 Å². The molecule has 0 saturated heterocycles. The molecule has 0 fully saturated rings. The van der Waals surface area contributed by atoms with Gasteiger partial charge in [0.25, 0.3) is 5.69 Å². The Bertz CT molecular complexity index is 1630. The van der Waals surface area contributed by atoms with E-state index in [0.717, 1.165) is 23.5 Å². The van der Waals surface area contributed by atoms with Crippen LogP contribution in [0.2, 0.25) is 0 Å². The average molecular weight is 664 g/mol. The highest BCUT2D eigenvalue weighted by Gasteiger charge is 2.30. The van der Waals surface area contributed by atoms with E-state index in [1.165, 1.54) is 37.6 Å². The molecule has 0 aliphatic rings. The predicted molar refractivity (Wildman–Crippen MR) is 154 cm³/mol. The Kier molecular flexibility index (Phi) is 9.75. The zero-order chi connectivity index (χ0) is 30.3. The SMILES string of the molecule is COc1cc(/C=N\NC(=O)Cc2csc(Nc3cccc(C(F)(F)F)c3)n2)cc(Br)c1OCc1cccc([N+](=O)[O-])c1. The number of hydrazone groups is 1. The van der Waals surface area contributed by atoms with Gasteiger partial charge < -0.3 is 14.8 Å². The van der Waals surface area contributed by atoms with Crippen molar-refractivity contribution in [2.24, 2.45) is 5.10 Å². The highest BCUT2D eigenvalue weighted by Crippen LogP contribution is 2.37. The lowest BCUT2D eigenvalue weighted by Gasteiger charge is -2.13. The lowest BCUT2D eigenvalue weighted by Crippen LogP contribution is -2.20. The molecule has 10 nitrogen and oxygen atoms in total. The molecule has 0 spiro atoms. The summed E-state index contributed by atoms with van der Waals surface area (Å²) < 4.78 is 50.6. The molecule has 4 rings (SSSR count). The number of nitro benzene ring substituents is 1. The van der Waals surface area contributed by atoms with Crippen LogP contribution < -0.4 is 20.2 Å². The van der Waals surface area contributed by atoms with Crippen molar-refractivity contribution in [1.82, 2.24) is 10.4 Å². The van der Waals surface area contributed by atoms with Crippen LogP contribution in [0.25, 0.3) is 0 Å². The van der Waals surface area contributed by atoms with E-state index in [4.69, 9.17) is 9.47 Å². The van der Waals surface area contributed by atoms with Gasteiger partial charge in [0.05, 0.1) is 40.4 Å². The molecule has 15 heteroatoms. The highest BCUT2D eigenvalue weighted by molar-refractivity contribution is 9.10. The van der Waals surface area contributed by atoms with E-state index in [-0.39, 0.29) is 24.4 Å². The average Bonchev–Trinajstić information content (AvgIpc) is 3.38. The fraction of sp³-hybridized carbons (Fsp3) is 0.148. The molecular weight excluding hydrogens is 643 g/mol. The molecule has 3 aromatic carbocycles. The number of thiazole rings is 1. The Morgan fingerprint density at radius 2 is 1.98 bits per heavy atom. The van der Waals surface area contributed by atoms with E-state index in [9.17, 15) is 28.1 Å². The van der Waals surface area contributed by atoms with Crippen LogP contribution in [0.5, 0.6) is 11.5 Å². The largest absolute Gasteiger partial charge is 0.493 e. The van der Waals surface area contributed by atoms with Gasteiger partial charge in [-0.1, -0.05) is 18.2 Å². The van der Waals surface area contributed by atoms with Crippen LogP contribution in [0.4, 0.5) is 29.7 Å². The molecule has 0 atom stereocenters. The van der Waals surface area contributed by atoms with E-state index in [2.05, 4.69) is 36.8 Å². The summed E-state index contributed by atoms with van der Waals surface area (Å²) in [5.41, 5.74) is 3.39. The third kappa shape index (κ3) is 8.27. The molecule has 0 aliphatic carbocycles. The van der Waals surface area contributed by atoms with Gasteiger partial charge in [0.2, 0.25) is 5.91 Å². The fourth-order valence-electron chi connectivity index (χ4n) is 3.59. The van der Waals surface area contributed by atoms with Crippen LogP contribution in [0.3, 0.4) is 0 Å². The fourth-order valence-corrected chi connectivity index (χ4v) is 4.90. The summed E-state index contributed by atoms with van der Waals surface area (Å²) in [6.07, 6.45) is -3.16. The number of rotatable bonds is 11. The van der Waals surface area contributed by atoms with Crippen LogP contribution in [-0.2, 0) is 24.0 Å². The number of nitrogens with zero attached hydrogens (tertiary/aromatic N) is 3. The van der Waals surface area contributed by atoms with Crippen LogP contribution in [0.1, 0.15) is 22.4 Å². The van der Waals surface area contributed by atoms with Crippen LogP contribution in [-0.4, -0.2) is 29.1 Å². The van der Waals surface area contributed by atoms with Gasteiger partial charge >= 0.3 is 6.18 Å². The summed E-state index contributed by atoms with van der Waals surface area (Å²) >= 11 is 4.57. The highest BCUT2D eigenvalue weighted by atomic mass is 79.9. The monoisotopic (exact) mass is 663 g/mol. The molecule has 0 bridgehead atoms. The first-order valence-corrected chi connectivity index (χ1v) is 13.6. The number of carbonyl (C=O) groups excluding carboxylic acids is 1. The minimum atomic E-state index is -4.46. The van der Waals surface area contributed by atoms with E-state index < -0.39 is 22.6 Å². The van der Waals surface area contributed by atoms with Crippen molar-refractivity contribution in [3.8, 4) is 11.5 Å². The van der Waals surface area contributed by atoms with Gasteiger partial charge in [-0.25, -0.2) is 10.4 Å². The lowest BCUT2D eigenvalue weighted by molar-refractivity contribution is -0.384. The van der Waals surface area contributed by atoms with Crippen molar-refractivity contribution in [3.05, 3.63) is 103 Å². The molecule has 218 valence electrons. The van der Waals surface area contributed by atoms with Gasteiger partial charge in [0.15, 0.2) is 16.6 Å². The quantitative estimate of drug-likeness (QED) is 0.102. The lowest BCUT2D eigenvalue weighted by atomic mass is 10.2. The molecule has 0 aliphatic heterocycles. The number of hydrogen-bond acceptors (Lipinski definition) is 9. The van der Waals surface area contributed by atoms with E-state index >= 15 is 0 Å². The number of hydrogen-bond donors (Lipinski definition) is 2. The van der Waals surface area contributed by atoms with Crippen LogP contribution >= 0.6 is 27.3 Å². The predicted octanol–water partition coefficient (Wildman–Crippen LogP) is 6.86. The second-order valence-electron chi connectivity index (χ2n) is 8.57. The number of alkyl halides is 3. The summed E-state index contributed by atoms with van der Waals surface area (Å²) in [7, 11) is 1.45.